The van der Waals surface area contributed by atoms with Gasteiger partial charge < -0.3 is 19.1 Å². The van der Waals surface area contributed by atoms with Gasteiger partial charge in [-0.05, 0) is 42.7 Å². The summed E-state index contributed by atoms with van der Waals surface area (Å²) in [6, 6.07) is 9.95. The molecule has 0 spiro atoms. The van der Waals surface area contributed by atoms with Crippen LogP contribution in [0.15, 0.2) is 36.4 Å². The van der Waals surface area contributed by atoms with Crippen LogP contribution in [0.1, 0.15) is 41.1 Å². The third-order valence-corrected chi connectivity index (χ3v) is 5.21. The first kappa shape index (κ1) is 20.0. The number of amides is 1. The zero-order valence-corrected chi connectivity index (χ0v) is 16.5. The van der Waals surface area contributed by atoms with Gasteiger partial charge in [-0.2, -0.15) is 0 Å². The normalized spacial score (nSPS) is 17.0. The molecule has 1 heterocycles. The minimum absolute atomic E-state index is 0.0757. The largest absolute Gasteiger partial charge is 0.493 e. The van der Waals surface area contributed by atoms with E-state index in [9.17, 15) is 9.18 Å². The highest BCUT2D eigenvalue weighted by Gasteiger charge is 2.26. The molecular weight excluding hydrogens is 361 g/mol. The van der Waals surface area contributed by atoms with Crippen molar-refractivity contribution < 1.29 is 23.4 Å². The lowest BCUT2D eigenvalue weighted by molar-refractivity contribution is 0.0753. The Bertz CT molecular complexity index is 797. The molecule has 1 aliphatic heterocycles. The number of rotatable bonds is 5. The molecule has 0 saturated carbocycles. The Morgan fingerprint density at radius 1 is 1.00 bits per heavy atom. The summed E-state index contributed by atoms with van der Waals surface area (Å²) in [5.74, 6) is 1.23. The first-order chi connectivity index (χ1) is 13.6. The van der Waals surface area contributed by atoms with Crippen LogP contribution in [-0.2, 0) is 0 Å². The quantitative estimate of drug-likeness (QED) is 0.769. The average Bonchev–Trinajstić information content (AvgIpc) is 2.99. The van der Waals surface area contributed by atoms with Gasteiger partial charge in [0.15, 0.2) is 11.5 Å². The summed E-state index contributed by atoms with van der Waals surface area (Å²) in [5, 5.41) is 0. The molecule has 1 aliphatic rings. The van der Waals surface area contributed by atoms with Crippen molar-refractivity contribution in [2.75, 3.05) is 34.4 Å². The molecule has 0 radical (unpaired) electrons. The molecule has 1 saturated heterocycles. The lowest BCUT2D eigenvalue weighted by Crippen LogP contribution is -2.34. The van der Waals surface area contributed by atoms with Gasteiger partial charge in [-0.3, -0.25) is 4.79 Å². The molecule has 1 unspecified atom stereocenters. The minimum atomic E-state index is -0.247. The third-order valence-electron chi connectivity index (χ3n) is 5.21. The topological polar surface area (TPSA) is 48.0 Å². The first-order valence-corrected chi connectivity index (χ1v) is 9.42. The highest BCUT2D eigenvalue weighted by atomic mass is 19.1. The molecule has 28 heavy (non-hydrogen) atoms. The van der Waals surface area contributed by atoms with Gasteiger partial charge in [-0.15, -0.1) is 0 Å². The summed E-state index contributed by atoms with van der Waals surface area (Å²) < 4.78 is 29.3. The van der Waals surface area contributed by atoms with Gasteiger partial charge >= 0.3 is 0 Å². The van der Waals surface area contributed by atoms with Crippen molar-refractivity contribution in [2.45, 2.75) is 25.2 Å². The summed E-state index contributed by atoms with van der Waals surface area (Å²) in [7, 11) is 4.59. The maximum atomic E-state index is 13.3. The number of hydrogen-bond acceptors (Lipinski definition) is 4. The number of benzene rings is 2. The Morgan fingerprint density at radius 3 is 2.21 bits per heavy atom. The van der Waals surface area contributed by atoms with Crippen LogP contribution in [0.3, 0.4) is 0 Å². The molecule has 3 rings (SSSR count). The van der Waals surface area contributed by atoms with Gasteiger partial charge in [-0.25, -0.2) is 4.39 Å². The Kier molecular flexibility index (Phi) is 6.39. The van der Waals surface area contributed by atoms with Crippen LogP contribution < -0.4 is 14.2 Å². The van der Waals surface area contributed by atoms with Gasteiger partial charge in [-0.1, -0.05) is 18.6 Å². The summed E-state index contributed by atoms with van der Waals surface area (Å²) in [4.78, 5) is 15.1. The molecule has 0 aromatic heterocycles. The number of methoxy groups -OCH3 is 3. The molecule has 1 fully saturated rings. The van der Waals surface area contributed by atoms with Crippen molar-refractivity contribution in [2.24, 2.45) is 0 Å². The van der Waals surface area contributed by atoms with Crippen molar-refractivity contribution in [3.05, 3.63) is 53.3 Å². The second-order valence-electron chi connectivity index (χ2n) is 6.91. The fourth-order valence-corrected chi connectivity index (χ4v) is 3.72. The van der Waals surface area contributed by atoms with E-state index in [0.717, 1.165) is 24.8 Å². The van der Waals surface area contributed by atoms with E-state index in [1.54, 1.807) is 12.1 Å². The van der Waals surface area contributed by atoms with Crippen LogP contribution in [0.25, 0.3) is 0 Å². The number of likely N-dealkylation sites (tertiary alicyclic amines) is 1. The van der Waals surface area contributed by atoms with Gasteiger partial charge in [0, 0.05) is 24.6 Å². The van der Waals surface area contributed by atoms with Gasteiger partial charge in [0.1, 0.15) is 5.82 Å². The number of hydrogen-bond donors (Lipinski definition) is 0. The van der Waals surface area contributed by atoms with Gasteiger partial charge in [0.2, 0.25) is 5.75 Å². The van der Waals surface area contributed by atoms with Crippen LogP contribution in [0.2, 0.25) is 0 Å². The predicted molar refractivity (Wildman–Crippen MR) is 105 cm³/mol. The van der Waals surface area contributed by atoms with Crippen LogP contribution in [0.4, 0.5) is 4.39 Å². The predicted octanol–water partition coefficient (Wildman–Crippen LogP) is 4.26. The second-order valence-corrected chi connectivity index (χ2v) is 6.91. The van der Waals surface area contributed by atoms with Crippen molar-refractivity contribution in [1.29, 1.82) is 0 Å². The lowest BCUT2D eigenvalue weighted by Gasteiger charge is -2.25. The summed E-state index contributed by atoms with van der Waals surface area (Å²) in [5.41, 5.74) is 1.56. The SMILES string of the molecule is COc1cc(C(=O)N2CCCCC(c3ccc(F)cc3)C2)cc(OC)c1OC. The third kappa shape index (κ3) is 4.21. The number of carbonyl (C=O) groups is 1. The fraction of sp³-hybridized carbons (Fsp3) is 0.409. The van der Waals surface area contributed by atoms with E-state index in [2.05, 4.69) is 0 Å². The van der Waals surface area contributed by atoms with Crippen LogP contribution in [0, 0.1) is 5.82 Å². The molecule has 5 nitrogen and oxygen atoms in total. The Balaban J connectivity index is 1.87. The minimum Gasteiger partial charge on any atom is -0.493 e. The maximum absolute atomic E-state index is 13.3. The zero-order chi connectivity index (χ0) is 20.1. The van der Waals surface area contributed by atoms with E-state index in [1.807, 2.05) is 17.0 Å². The van der Waals surface area contributed by atoms with Crippen LogP contribution in [-0.4, -0.2) is 45.2 Å². The number of nitrogens with zero attached hydrogens (tertiary/aromatic N) is 1. The standard InChI is InChI=1S/C22H26FNO4/c1-26-19-12-17(13-20(27-2)21(19)28-3)22(25)24-11-5-4-6-16(14-24)15-7-9-18(23)10-8-15/h7-10,12-13,16H,4-6,11,14H2,1-3H3. The molecule has 1 amide bonds. The van der Waals surface area contributed by atoms with Crippen molar-refractivity contribution in [3.63, 3.8) is 0 Å². The Hall–Kier alpha value is -2.76. The summed E-state index contributed by atoms with van der Waals surface area (Å²) >= 11 is 0. The van der Waals surface area contributed by atoms with Crippen molar-refractivity contribution in [1.82, 2.24) is 4.90 Å². The van der Waals surface area contributed by atoms with E-state index in [0.29, 0.717) is 35.9 Å². The highest BCUT2D eigenvalue weighted by Crippen LogP contribution is 2.39. The summed E-state index contributed by atoms with van der Waals surface area (Å²) in [6.07, 6.45) is 2.94. The van der Waals surface area contributed by atoms with E-state index < -0.39 is 0 Å². The molecule has 0 bridgehead atoms. The molecule has 150 valence electrons. The Labute approximate surface area is 165 Å². The number of carbonyl (C=O) groups excluding carboxylic acids is 1. The number of halogens is 1. The molecule has 6 heteroatoms. The molecule has 2 aromatic carbocycles. The Morgan fingerprint density at radius 2 is 1.64 bits per heavy atom. The molecule has 0 N–H and O–H groups in total. The smallest absolute Gasteiger partial charge is 0.254 e. The monoisotopic (exact) mass is 387 g/mol. The van der Waals surface area contributed by atoms with E-state index >= 15 is 0 Å². The lowest BCUT2D eigenvalue weighted by atomic mass is 9.94. The molecular formula is C22H26FNO4. The fourth-order valence-electron chi connectivity index (χ4n) is 3.72. The molecule has 2 aromatic rings. The van der Waals surface area contributed by atoms with E-state index in [-0.39, 0.29) is 17.6 Å². The second kappa shape index (κ2) is 8.95. The molecule has 1 atom stereocenters. The maximum Gasteiger partial charge on any atom is 0.254 e. The van der Waals surface area contributed by atoms with Crippen LogP contribution >= 0.6 is 0 Å². The van der Waals surface area contributed by atoms with Crippen molar-refractivity contribution in [3.8, 4) is 17.2 Å². The highest BCUT2D eigenvalue weighted by molar-refractivity contribution is 5.95. The van der Waals surface area contributed by atoms with E-state index in [1.165, 1.54) is 33.5 Å². The van der Waals surface area contributed by atoms with Gasteiger partial charge in [0.25, 0.3) is 5.91 Å². The first-order valence-electron chi connectivity index (χ1n) is 9.42. The van der Waals surface area contributed by atoms with E-state index in [4.69, 9.17) is 14.2 Å². The summed E-state index contributed by atoms with van der Waals surface area (Å²) in [6.45, 7) is 1.29. The zero-order valence-electron chi connectivity index (χ0n) is 16.5. The average molecular weight is 387 g/mol. The van der Waals surface area contributed by atoms with Gasteiger partial charge in [0.05, 0.1) is 21.3 Å². The van der Waals surface area contributed by atoms with Crippen LogP contribution in [0.5, 0.6) is 17.2 Å². The molecule has 0 aliphatic carbocycles. The number of ether oxygens (including phenoxy) is 3. The van der Waals surface area contributed by atoms with Crippen molar-refractivity contribution >= 4 is 5.91 Å².